The highest BCUT2D eigenvalue weighted by molar-refractivity contribution is 7.80. The fraction of sp³-hybridized carbons (Fsp3) is 0.542. The lowest BCUT2D eigenvalue weighted by molar-refractivity contribution is 0.0515. The van der Waals surface area contributed by atoms with Crippen LogP contribution in [0.15, 0.2) is 36.4 Å². The summed E-state index contributed by atoms with van der Waals surface area (Å²) in [7, 11) is 0. The molecule has 2 aliphatic heterocycles. The van der Waals surface area contributed by atoms with Gasteiger partial charge in [-0.3, -0.25) is 0 Å². The molecule has 31 heavy (non-hydrogen) atoms. The number of anilines is 2. The van der Waals surface area contributed by atoms with Crippen molar-refractivity contribution in [3.05, 3.63) is 47.7 Å². The van der Waals surface area contributed by atoms with Gasteiger partial charge in [0.05, 0.1) is 0 Å². The van der Waals surface area contributed by atoms with Gasteiger partial charge in [0.25, 0.3) is 0 Å². The third kappa shape index (κ3) is 5.33. The molecule has 0 radical (unpaired) electrons. The molecule has 2 N–H and O–H groups in total. The zero-order valence-electron chi connectivity index (χ0n) is 18.6. The molecular weight excluding hydrogens is 406 g/mol. The van der Waals surface area contributed by atoms with Gasteiger partial charge in [0, 0.05) is 49.5 Å². The van der Waals surface area contributed by atoms with Crippen LogP contribution in [0.3, 0.4) is 0 Å². The van der Waals surface area contributed by atoms with Crippen molar-refractivity contribution in [2.75, 3.05) is 36.5 Å². The number of thiocarbonyl (C=S) groups is 1. The second-order valence-electron chi connectivity index (χ2n) is 8.80. The Bertz CT molecular complexity index is 885. The Kier molecular flexibility index (Phi) is 7.02. The molecule has 1 aromatic carbocycles. The number of benzene rings is 1. The summed E-state index contributed by atoms with van der Waals surface area (Å²) in [4.78, 5) is 11.7. The molecule has 0 amide bonds. The van der Waals surface area contributed by atoms with Gasteiger partial charge in [0.1, 0.15) is 5.82 Å². The van der Waals surface area contributed by atoms with Crippen molar-refractivity contribution in [2.24, 2.45) is 0 Å². The van der Waals surface area contributed by atoms with Crippen LogP contribution in [-0.2, 0) is 10.2 Å². The van der Waals surface area contributed by atoms with Gasteiger partial charge in [-0.2, -0.15) is 4.98 Å². The minimum Gasteiger partial charge on any atom is -0.381 e. The van der Waals surface area contributed by atoms with Crippen LogP contribution in [0.1, 0.15) is 50.3 Å². The third-order valence-corrected chi connectivity index (χ3v) is 6.83. The summed E-state index contributed by atoms with van der Waals surface area (Å²) in [6.45, 7) is 7.63. The first-order valence-corrected chi connectivity index (χ1v) is 11.8. The average Bonchev–Trinajstić information content (AvgIpc) is 2.79. The van der Waals surface area contributed by atoms with E-state index in [9.17, 15) is 0 Å². The van der Waals surface area contributed by atoms with Gasteiger partial charge < -0.3 is 20.3 Å². The molecule has 1 atom stereocenters. The molecule has 4 rings (SSSR count). The van der Waals surface area contributed by atoms with E-state index in [0.29, 0.717) is 17.1 Å². The average molecular weight is 440 g/mol. The predicted molar refractivity (Wildman–Crippen MR) is 130 cm³/mol. The Labute approximate surface area is 190 Å². The number of rotatable bonds is 5. The van der Waals surface area contributed by atoms with Gasteiger partial charge in [-0.1, -0.05) is 30.3 Å². The lowest BCUT2D eigenvalue weighted by Crippen LogP contribution is -2.45. The van der Waals surface area contributed by atoms with Crippen molar-refractivity contribution in [1.29, 1.82) is 0 Å². The molecule has 0 aliphatic carbocycles. The number of ether oxygens (including phenoxy) is 1. The van der Waals surface area contributed by atoms with Gasteiger partial charge in [-0.15, -0.1) is 0 Å². The summed E-state index contributed by atoms with van der Waals surface area (Å²) >= 11 is 5.62. The molecule has 166 valence electrons. The van der Waals surface area contributed by atoms with Gasteiger partial charge in [-0.05, 0) is 63.7 Å². The molecule has 0 spiro atoms. The number of nitrogens with zero attached hydrogens (tertiary/aromatic N) is 3. The van der Waals surface area contributed by atoms with Gasteiger partial charge in [-0.25, -0.2) is 4.98 Å². The molecule has 2 saturated heterocycles. The highest BCUT2D eigenvalue weighted by Crippen LogP contribution is 2.34. The van der Waals surface area contributed by atoms with Crippen molar-refractivity contribution in [2.45, 2.75) is 57.4 Å². The van der Waals surface area contributed by atoms with Gasteiger partial charge in [0.2, 0.25) is 5.95 Å². The number of aromatic nitrogens is 2. The van der Waals surface area contributed by atoms with Crippen molar-refractivity contribution >= 4 is 29.1 Å². The first-order valence-electron chi connectivity index (χ1n) is 11.4. The Morgan fingerprint density at radius 1 is 1.19 bits per heavy atom. The SMILES string of the molecule is Cc1cc(N2CCCC[C@H]2C)nc(NC(=S)NCC2(c3ccccc3)CCOCC2)n1. The second kappa shape index (κ2) is 9.92. The van der Waals surface area contributed by atoms with E-state index in [1.807, 2.05) is 6.92 Å². The first-order chi connectivity index (χ1) is 15.1. The van der Waals surface area contributed by atoms with Crippen LogP contribution in [0.5, 0.6) is 0 Å². The van der Waals surface area contributed by atoms with Gasteiger partial charge in [0.15, 0.2) is 5.11 Å². The van der Waals surface area contributed by atoms with E-state index in [-0.39, 0.29) is 5.41 Å². The third-order valence-electron chi connectivity index (χ3n) is 6.59. The Balaban J connectivity index is 1.43. The smallest absolute Gasteiger partial charge is 0.231 e. The van der Waals surface area contributed by atoms with E-state index in [2.05, 4.69) is 63.8 Å². The molecule has 0 unspecified atom stereocenters. The minimum absolute atomic E-state index is 0.0209. The molecule has 0 bridgehead atoms. The molecule has 1 aromatic heterocycles. The maximum Gasteiger partial charge on any atom is 0.231 e. The monoisotopic (exact) mass is 439 g/mol. The normalized spacial score (nSPS) is 20.8. The van der Waals surface area contributed by atoms with Crippen LogP contribution in [0, 0.1) is 6.92 Å². The number of piperidine rings is 1. The van der Waals surface area contributed by atoms with Crippen LogP contribution in [0.2, 0.25) is 0 Å². The Morgan fingerprint density at radius 2 is 1.97 bits per heavy atom. The van der Waals surface area contributed by atoms with E-state index >= 15 is 0 Å². The molecular formula is C24H33N5OS. The number of nitrogens with one attached hydrogen (secondary N) is 2. The minimum atomic E-state index is 0.0209. The van der Waals surface area contributed by atoms with Crippen LogP contribution in [-0.4, -0.2) is 47.4 Å². The highest BCUT2D eigenvalue weighted by Gasteiger charge is 2.34. The summed E-state index contributed by atoms with van der Waals surface area (Å²) in [5.74, 6) is 1.54. The van der Waals surface area contributed by atoms with E-state index in [1.165, 1.54) is 24.8 Å². The van der Waals surface area contributed by atoms with E-state index in [1.54, 1.807) is 0 Å². The van der Waals surface area contributed by atoms with E-state index in [4.69, 9.17) is 21.9 Å². The van der Waals surface area contributed by atoms with Gasteiger partial charge >= 0.3 is 0 Å². The Morgan fingerprint density at radius 3 is 2.71 bits per heavy atom. The Hall–Kier alpha value is -2.25. The van der Waals surface area contributed by atoms with Crippen molar-refractivity contribution in [3.8, 4) is 0 Å². The van der Waals surface area contributed by atoms with Crippen molar-refractivity contribution in [3.63, 3.8) is 0 Å². The zero-order valence-corrected chi connectivity index (χ0v) is 19.4. The summed E-state index contributed by atoms with van der Waals surface area (Å²) in [5.41, 5.74) is 2.30. The first kappa shape index (κ1) is 22.0. The van der Waals surface area contributed by atoms with Crippen LogP contribution >= 0.6 is 12.2 Å². The molecule has 2 fully saturated rings. The topological polar surface area (TPSA) is 62.3 Å². The standard InChI is InChI=1S/C24H33N5OS/c1-18-16-21(29-13-7-6-8-19(29)2)27-22(26-18)28-23(31)25-17-24(11-14-30-15-12-24)20-9-4-3-5-10-20/h3-5,9-10,16,19H,6-8,11-15,17H2,1-2H3,(H2,25,26,27,28,31)/t19-/m1/s1. The molecule has 2 aliphatic rings. The summed E-state index contributed by atoms with van der Waals surface area (Å²) in [6, 6.07) is 13.3. The number of hydrogen-bond acceptors (Lipinski definition) is 5. The molecule has 6 nitrogen and oxygen atoms in total. The van der Waals surface area contributed by atoms with E-state index < -0.39 is 0 Å². The maximum atomic E-state index is 5.64. The fourth-order valence-electron chi connectivity index (χ4n) is 4.71. The fourth-order valence-corrected chi connectivity index (χ4v) is 4.87. The zero-order chi connectivity index (χ0) is 21.7. The summed E-state index contributed by atoms with van der Waals surface area (Å²) in [6.07, 6.45) is 5.66. The summed E-state index contributed by atoms with van der Waals surface area (Å²) in [5, 5.41) is 7.22. The van der Waals surface area contributed by atoms with Crippen molar-refractivity contribution < 1.29 is 4.74 Å². The summed E-state index contributed by atoms with van der Waals surface area (Å²) < 4.78 is 5.64. The lowest BCUT2D eigenvalue weighted by atomic mass is 9.74. The number of aryl methyl sites for hydroxylation is 1. The quantitative estimate of drug-likeness (QED) is 0.677. The highest BCUT2D eigenvalue weighted by atomic mass is 32.1. The largest absolute Gasteiger partial charge is 0.381 e. The number of hydrogen-bond donors (Lipinski definition) is 2. The maximum absolute atomic E-state index is 5.64. The second-order valence-corrected chi connectivity index (χ2v) is 9.20. The lowest BCUT2D eigenvalue weighted by Gasteiger charge is -2.38. The molecule has 3 heterocycles. The molecule has 7 heteroatoms. The van der Waals surface area contributed by atoms with Crippen LogP contribution in [0.4, 0.5) is 11.8 Å². The van der Waals surface area contributed by atoms with Crippen LogP contribution < -0.4 is 15.5 Å². The van der Waals surface area contributed by atoms with E-state index in [0.717, 1.165) is 50.7 Å². The molecule has 2 aromatic rings. The molecule has 0 saturated carbocycles. The predicted octanol–water partition coefficient (Wildman–Crippen LogP) is 4.20. The van der Waals surface area contributed by atoms with Crippen LogP contribution in [0.25, 0.3) is 0 Å². The van der Waals surface area contributed by atoms with Crippen molar-refractivity contribution in [1.82, 2.24) is 15.3 Å².